The van der Waals surface area contributed by atoms with Crippen LogP contribution in [0.2, 0.25) is 0 Å². The largest absolute Gasteiger partial charge is 0.466 e. The zero-order valence-corrected chi connectivity index (χ0v) is 43.5. The molecule has 1 fully saturated rings. The van der Waals surface area contributed by atoms with Crippen LogP contribution in [0.5, 0.6) is 0 Å². The number of likely N-dealkylation sites (N-methyl/N-ethyl adjacent to an activating group) is 1. The molecule has 0 amide bonds. The highest BCUT2D eigenvalue weighted by Crippen LogP contribution is 2.22. The summed E-state index contributed by atoms with van der Waals surface area (Å²) >= 11 is 0. The van der Waals surface area contributed by atoms with Crippen LogP contribution in [0.4, 0.5) is 0 Å². The molecule has 388 valence electrons. The van der Waals surface area contributed by atoms with E-state index in [-0.39, 0.29) is 61.8 Å². The van der Waals surface area contributed by atoms with Gasteiger partial charge in [0.25, 0.3) is 0 Å². The normalized spacial score (nSPS) is 14.8. The maximum Gasteiger partial charge on any atom is 0.308 e. The van der Waals surface area contributed by atoms with Crippen molar-refractivity contribution in [2.45, 2.75) is 226 Å². The molecule has 0 radical (unpaired) electrons. The second-order valence-electron chi connectivity index (χ2n) is 19.5. The number of nitrogens with zero attached hydrogens (tertiary/aromatic N) is 3. The molecule has 1 aliphatic heterocycles. The van der Waals surface area contributed by atoms with Crippen LogP contribution in [0.1, 0.15) is 220 Å². The lowest BCUT2D eigenvalue weighted by Gasteiger charge is -2.34. The van der Waals surface area contributed by atoms with Crippen LogP contribution < -0.4 is 0 Å². The van der Waals surface area contributed by atoms with E-state index in [2.05, 4.69) is 44.5 Å². The second kappa shape index (κ2) is 44.0. The molecule has 66 heavy (non-hydrogen) atoms. The molecule has 1 heterocycles. The Labute approximate surface area is 404 Å². The molecule has 12 heteroatoms. The number of unbranched alkanes of at least 4 members (excludes halogenated alkanes) is 18. The summed E-state index contributed by atoms with van der Waals surface area (Å²) in [6.07, 6.45) is 29.5. The van der Waals surface area contributed by atoms with E-state index in [9.17, 15) is 24.3 Å². The smallest absolute Gasteiger partial charge is 0.308 e. The Kier molecular flexibility index (Phi) is 41.1. The molecule has 0 bridgehead atoms. The summed E-state index contributed by atoms with van der Waals surface area (Å²) in [5.74, 6) is -0.870. The standard InChI is InChI=1S/C54H103N3O9/c1-6-10-14-18-20-24-32-48(30-22-16-12-8-3)53(61)65-44-28-26-42-63-51(59)34-36-56(46-50(58)47-57-40-38-55(5)39-41-57)37-35-52(60)64-43-27-29-45-66-54(62)49(31-23-17-13-9-4)33-25-21-19-15-11-7-2/h48-50,58H,6-47H2,1-5H3. The summed E-state index contributed by atoms with van der Waals surface area (Å²) in [5.41, 5.74) is 0. The Morgan fingerprint density at radius 3 is 1.18 bits per heavy atom. The number of hydrogen-bond acceptors (Lipinski definition) is 12. The van der Waals surface area contributed by atoms with E-state index >= 15 is 0 Å². The molecule has 1 rings (SSSR count). The fourth-order valence-corrected chi connectivity index (χ4v) is 8.72. The highest BCUT2D eigenvalue weighted by atomic mass is 16.5. The fraction of sp³-hybridized carbons (Fsp3) is 0.926. The number of ether oxygens (including phenoxy) is 4. The molecule has 3 unspecified atom stereocenters. The van der Waals surface area contributed by atoms with Crippen LogP contribution >= 0.6 is 0 Å². The van der Waals surface area contributed by atoms with Gasteiger partial charge < -0.3 is 29.0 Å². The van der Waals surface area contributed by atoms with Gasteiger partial charge in [-0.25, -0.2) is 0 Å². The average Bonchev–Trinajstić information content (AvgIpc) is 3.31. The second-order valence-corrected chi connectivity index (χ2v) is 19.5. The van der Waals surface area contributed by atoms with Gasteiger partial charge in [0.15, 0.2) is 0 Å². The van der Waals surface area contributed by atoms with Crippen LogP contribution in [-0.4, -0.2) is 136 Å². The van der Waals surface area contributed by atoms with E-state index < -0.39 is 6.10 Å². The average molecular weight is 938 g/mol. The summed E-state index contributed by atoms with van der Waals surface area (Å²) in [5, 5.41) is 11.1. The molecule has 0 aliphatic carbocycles. The van der Waals surface area contributed by atoms with Gasteiger partial charge in [0.2, 0.25) is 0 Å². The first-order valence-electron chi connectivity index (χ1n) is 27.6. The minimum atomic E-state index is -0.630. The lowest BCUT2D eigenvalue weighted by molar-refractivity contribution is -0.150. The van der Waals surface area contributed by atoms with Crippen molar-refractivity contribution in [3.8, 4) is 0 Å². The molecule has 1 saturated heterocycles. The zero-order chi connectivity index (χ0) is 48.3. The van der Waals surface area contributed by atoms with E-state index in [1.807, 2.05) is 4.90 Å². The van der Waals surface area contributed by atoms with Crippen LogP contribution in [-0.2, 0) is 38.1 Å². The Hall–Kier alpha value is -2.28. The lowest BCUT2D eigenvalue weighted by Crippen LogP contribution is -2.49. The molecule has 0 saturated carbocycles. The Balaban J connectivity index is 2.50. The number of carbonyl (C=O) groups is 4. The topological polar surface area (TPSA) is 135 Å². The third kappa shape index (κ3) is 35.8. The number of β-amino-alcohol motifs (C(OH)–C–C–N with tert-alkyl or cyclic N) is 1. The summed E-state index contributed by atoms with van der Waals surface area (Å²) in [6, 6.07) is 0. The molecule has 0 spiro atoms. The van der Waals surface area contributed by atoms with Gasteiger partial charge in [-0.05, 0) is 58.4 Å². The first-order chi connectivity index (χ1) is 32.1. The van der Waals surface area contributed by atoms with E-state index in [1.54, 1.807) is 0 Å². The van der Waals surface area contributed by atoms with E-state index in [4.69, 9.17) is 18.9 Å². The molecule has 1 aliphatic rings. The number of esters is 4. The van der Waals surface area contributed by atoms with Crippen molar-refractivity contribution < 1.29 is 43.2 Å². The maximum absolute atomic E-state index is 13.0. The first-order valence-corrected chi connectivity index (χ1v) is 27.6. The highest BCUT2D eigenvalue weighted by Gasteiger charge is 2.23. The molecule has 0 aromatic heterocycles. The molecule has 0 aromatic carbocycles. The molecule has 12 nitrogen and oxygen atoms in total. The Morgan fingerprint density at radius 1 is 0.470 bits per heavy atom. The van der Waals surface area contributed by atoms with Crippen LogP contribution in [0.3, 0.4) is 0 Å². The molecular weight excluding hydrogens is 835 g/mol. The van der Waals surface area contributed by atoms with Crippen LogP contribution in [0.15, 0.2) is 0 Å². The minimum Gasteiger partial charge on any atom is -0.466 e. The van der Waals surface area contributed by atoms with E-state index in [1.165, 1.54) is 89.9 Å². The van der Waals surface area contributed by atoms with E-state index in [0.29, 0.717) is 65.1 Å². The SMILES string of the molecule is CCCCCCCCC(CCCCCC)C(=O)OCCCCOC(=O)CCN(CCC(=O)OCCCCOC(=O)C(CCCCCC)CCCCCCCC)CC(O)CN1CCN(C)CC1. The predicted molar refractivity (Wildman–Crippen MR) is 268 cm³/mol. The number of aliphatic hydroxyl groups is 1. The maximum atomic E-state index is 13.0. The van der Waals surface area contributed by atoms with Crippen LogP contribution in [0.25, 0.3) is 0 Å². The van der Waals surface area contributed by atoms with Crippen molar-refractivity contribution in [1.82, 2.24) is 14.7 Å². The lowest BCUT2D eigenvalue weighted by atomic mass is 9.94. The Bertz CT molecular complexity index is 1100. The van der Waals surface area contributed by atoms with Crippen molar-refractivity contribution >= 4 is 23.9 Å². The quantitative estimate of drug-likeness (QED) is 0.0354. The number of piperazine rings is 1. The van der Waals surface area contributed by atoms with Gasteiger partial charge in [0.1, 0.15) is 0 Å². The summed E-state index contributed by atoms with van der Waals surface area (Å²) in [4.78, 5) is 58.1. The molecule has 3 atom stereocenters. The third-order valence-electron chi connectivity index (χ3n) is 13.2. The highest BCUT2D eigenvalue weighted by molar-refractivity contribution is 5.73. The van der Waals surface area contributed by atoms with Crippen molar-refractivity contribution in [2.75, 3.05) is 85.8 Å². The molecule has 0 aromatic rings. The Morgan fingerprint density at radius 2 is 0.803 bits per heavy atom. The summed E-state index contributed by atoms with van der Waals surface area (Å²) < 4.78 is 22.5. The van der Waals surface area contributed by atoms with Gasteiger partial charge in [0.05, 0.1) is 57.2 Å². The van der Waals surface area contributed by atoms with Crippen LogP contribution in [0, 0.1) is 11.8 Å². The molecular formula is C54H103N3O9. The zero-order valence-electron chi connectivity index (χ0n) is 43.5. The number of rotatable bonds is 46. The first kappa shape index (κ1) is 61.7. The number of hydrogen-bond donors (Lipinski definition) is 1. The van der Waals surface area contributed by atoms with E-state index in [0.717, 1.165) is 90.4 Å². The van der Waals surface area contributed by atoms with Gasteiger partial charge in [-0.1, -0.05) is 156 Å². The van der Waals surface area contributed by atoms with Crippen molar-refractivity contribution in [3.05, 3.63) is 0 Å². The van der Waals surface area contributed by atoms with Gasteiger partial charge in [-0.15, -0.1) is 0 Å². The fourth-order valence-electron chi connectivity index (χ4n) is 8.72. The number of carbonyl (C=O) groups excluding carboxylic acids is 4. The van der Waals surface area contributed by atoms with Gasteiger partial charge in [-0.3, -0.25) is 29.0 Å². The predicted octanol–water partition coefficient (Wildman–Crippen LogP) is 11.1. The van der Waals surface area contributed by atoms with Gasteiger partial charge >= 0.3 is 23.9 Å². The number of aliphatic hydroxyl groups excluding tert-OH is 1. The van der Waals surface area contributed by atoms with Crippen molar-refractivity contribution in [3.63, 3.8) is 0 Å². The monoisotopic (exact) mass is 938 g/mol. The summed E-state index contributed by atoms with van der Waals surface area (Å²) in [7, 11) is 2.10. The summed E-state index contributed by atoms with van der Waals surface area (Å²) in [6.45, 7) is 15.3. The van der Waals surface area contributed by atoms with Gasteiger partial charge in [-0.2, -0.15) is 0 Å². The van der Waals surface area contributed by atoms with Crippen molar-refractivity contribution in [1.29, 1.82) is 0 Å². The van der Waals surface area contributed by atoms with Gasteiger partial charge in [0, 0.05) is 52.4 Å². The molecule has 1 N–H and O–H groups in total. The minimum absolute atomic E-state index is 0.0268. The van der Waals surface area contributed by atoms with Crippen molar-refractivity contribution in [2.24, 2.45) is 11.8 Å². The third-order valence-corrected chi connectivity index (χ3v) is 13.2.